The summed E-state index contributed by atoms with van der Waals surface area (Å²) in [6.07, 6.45) is 5.68. The van der Waals surface area contributed by atoms with Crippen molar-refractivity contribution in [1.82, 2.24) is 14.4 Å². The first-order valence-electron chi connectivity index (χ1n) is 4.76. The maximum absolute atomic E-state index is 10.7. The third-order valence-electron chi connectivity index (χ3n) is 2.00. The molecule has 0 radical (unpaired) electrons. The predicted molar refractivity (Wildman–Crippen MR) is 57.1 cm³/mol. The standard InChI is InChI=1S/C10H12N4O/c1-7(2)13-9-10-12-5-8(6-15)14(10)4-3-11-9/h3-7H,1-2H3,(H,11,13). The zero-order valence-electron chi connectivity index (χ0n) is 8.64. The lowest BCUT2D eigenvalue weighted by Gasteiger charge is -2.09. The van der Waals surface area contributed by atoms with Crippen molar-refractivity contribution < 1.29 is 4.79 Å². The van der Waals surface area contributed by atoms with Crippen LogP contribution in [0.15, 0.2) is 18.6 Å². The van der Waals surface area contributed by atoms with Gasteiger partial charge in [-0.3, -0.25) is 9.20 Å². The molecule has 0 unspecified atom stereocenters. The number of nitrogens with one attached hydrogen (secondary N) is 1. The van der Waals surface area contributed by atoms with Crippen molar-refractivity contribution >= 4 is 17.8 Å². The second-order valence-corrected chi connectivity index (χ2v) is 3.57. The van der Waals surface area contributed by atoms with Gasteiger partial charge in [0.15, 0.2) is 17.8 Å². The van der Waals surface area contributed by atoms with E-state index in [9.17, 15) is 4.79 Å². The van der Waals surface area contributed by atoms with Crippen molar-refractivity contribution in [2.45, 2.75) is 19.9 Å². The number of carbonyl (C=O) groups is 1. The Morgan fingerprint density at radius 2 is 2.27 bits per heavy atom. The van der Waals surface area contributed by atoms with E-state index in [2.05, 4.69) is 15.3 Å². The molecular weight excluding hydrogens is 192 g/mol. The van der Waals surface area contributed by atoms with Crippen LogP contribution in [0.1, 0.15) is 24.3 Å². The number of aldehydes is 1. The summed E-state index contributed by atoms with van der Waals surface area (Å²) < 4.78 is 1.71. The van der Waals surface area contributed by atoms with Gasteiger partial charge in [-0.2, -0.15) is 0 Å². The molecule has 0 saturated heterocycles. The first-order valence-corrected chi connectivity index (χ1v) is 4.76. The quantitative estimate of drug-likeness (QED) is 0.767. The van der Waals surface area contributed by atoms with Gasteiger partial charge in [0.2, 0.25) is 0 Å². The Bertz CT molecular complexity index is 489. The number of hydrogen-bond acceptors (Lipinski definition) is 4. The summed E-state index contributed by atoms with van der Waals surface area (Å²) in [5.41, 5.74) is 1.20. The fraction of sp³-hybridized carbons (Fsp3) is 0.300. The summed E-state index contributed by atoms with van der Waals surface area (Å²) in [4.78, 5) is 19.0. The van der Waals surface area contributed by atoms with E-state index in [-0.39, 0.29) is 6.04 Å². The molecule has 0 amide bonds. The van der Waals surface area contributed by atoms with Gasteiger partial charge in [-0.15, -0.1) is 0 Å². The topological polar surface area (TPSA) is 59.3 Å². The van der Waals surface area contributed by atoms with E-state index < -0.39 is 0 Å². The van der Waals surface area contributed by atoms with E-state index in [1.54, 1.807) is 16.8 Å². The van der Waals surface area contributed by atoms with Crippen molar-refractivity contribution in [1.29, 1.82) is 0 Å². The Hall–Kier alpha value is -1.91. The summed E-state index contributed by atoms with van der Waals surface area (Å²) >= 11 is 0. The smallest absolute Gasteiger partial charge is 0.180 e. The molecular formula is C10H12N4O. The van der Waals surface area contributed by atoms with E-state index in [1.807, 2.05) is 13.8 Å². The van der Waals surface area contributed by atoms with Gasteiger partial charge in [-0.05, 0) is 13.8 Å². The van der Waals surface area contributed by atoms with E-state index in [1.165, 1.54) is 6.20 Å². The molecule has 0 aromatic carbocycles. The Morgan fingerprint density at radius 3 is 2.93 bits per heavy atom. The van der Waals surface area contributed by atoms with Crippen LogP contribution in [0.2, 0.25) is 0 Å². The van der Waals surface area contributed by atoms with Crippen molar-refractivity contribution in [3.63, 3.8) is 0 Å². The molecule has 15 heavy (non-hydrogen) atoms. The highest BCUT2D eigenvalue weighted by Crippen LogP contribution is 2.13. The van der Waals surface area contributed by atoms with Gasteiger partial charge >= 0.3 is 0 Å². The van der Waals surface area contributed by atoms with Gasteiger partial charge in [0.1, 0.15) is 5.69 Å². The van der Waals surface area contributed by atoms with Crippen LogP contribution in [0, 0.1) is 0 Å². The molecule has 0 atom stereocenters. The second-order valence-electron chi connectivity index (χ2n) is 3.57. The van der Waals surface area contributed by atoms with Crippen molar-refractivity contribution in [3.05, 3.63) is 24.3 Å². The van der Waals surface area contributed by atoms with Crippen molar-refractivity contribution in [2.75, 3.05) is 5.32 Å². The second kappa shape index (κ2) is 3.68. The van der Waals surface area contributed by atoms with Gasteiger partial charge in [0.05, 0.1) is 6.20 Å². The highest BCUT2D eigenvalue weighted by atomic mass is 16.1. The zero-order valence-corrected chi connectivity index (χ0v) is 8.64. The lowest BCUT2D eigenvalue weighted by molar-refractivity contribution is 0.111. The third kappa shape index (κ3) is 1.68. The van der Waals surface area contributed by atoms with Crippen LogP contribution in [0.3, 0.4) is 0 Å². The fourth-order valence-electron chi connectivity index (χ4n) is 1.40. The third-order valence-corrected chi connectivity index (χ3v) is 2.00. The predicted octanol–water partition coefficient (Wildman–Crippen LogP) is 1.36. The minimum Gasteiger partial charge on any atom is -0.365 e. The Morgan fingerprint density at radius 1 is 1.47 bits per heavy atom. The van der Waals surface area contributed by atoms with Crippen LogP contribution in [-0.4, -0.2) is 26.7 Å². The molecule has 78 valence electrons. The minimum absolute atomic E-state index is 0.278. The fourth-order valence-corrected chi connectivity index (χ4v) is 1.40. The first-order chi connectivity index (χ1) is 7.22. The number of hydrogen-bond donors (Lipinski definition) is 1. The van der Waals surface area contributed by atoms with Gasteiger partial charge in [0, 0.05) is 18.4 Å². The van der Waals surface area contributed by atoms with Crippen LogP contribution >= 0.6 is 0 Å². The molecule has 2 aromatic rings. The van der Waals surface area contributed by atoms with Crippen LogP contribution in [0.25, 0.3) is 5.65 Å². The lowest BCUT2D eigenvalue weighted by atomic mass is 10.4. The number of aromatic nitrogens is 3. The monoisotopic (exact) mass is 204 g/mol. The molecule has 0 saturated carbocycles. The molecule has 0 bridgehead atoms. The highest BCUT2D eigenvalue weighted by Gasteiger charge is 2.08. The number of carbonyl (C=O) groups excluding carboxylic acids is 1. The summed E-state index contributed by atoms with van der Waals surface area (Å²) in [5, 5.41) is 3.17. The average Bonchev–Trinajstić information content (AvgIpc) is 2.61. The van der Waals surface area contributed by atoms with Crippen molar-refractivity contribution in [3.8, 4) is 0 Å². The Kier molecular flexibility index (Phi) is 2.37. The van der Waals surface area contributed by atoms with Gasteiger partial charge in [0.25, 0.3) is 0 Å². The number of rotatable bonds is 3. The molecule has 1 N–H and O–H groups in total. The van der Waals surface area contributed by atoms with E-state index in [0.29, 0.717) is 17.2 Å². The number of nitrogens with zero attached hydrogens (tertiary/aromatic N) is 3. The normalized spacial score (nSPS) is 10.9. The average molecular weight is 204 g/mol. The largest absolute Gasteiger partial charge is 0.365 e. The number of fused-ring (bicyclic) bond motifs is 1. The van der Waals surface area contributed by atoms with Crippen LogP contribution in [0.5, 0.6) is 0 Å². The maximum Gasteiger partial charge on any atom is 0.180 e. The Labute approximate surface area is 87.2 Å². The van der Waals surface area contributed by atoms with E-state index in [4.69, 9.17) is 0 Å². The molecule has 2 rings (SSSR count). The minimum atomic E-state index is 0.278. The van der Waals surface area contributed by atoms with Gasteiger partial charge in [-0.1, -0.05) is 0 Å². The molecule has 0 aliphatic rings. The first kappa shape index (κ1) is 9.64. The summed E-state index contributed by atoms with van der Waals surface area (Å²) in [6, 6.07) is 0.278. The van der Waals surface area contributed by atoms with E-state index >= 15 is 0 Å². The summed E-state index contributed by atoms with van der Waals surface area (Å²) in [5.74, 6) is 0.695. The summed E-state index contributed by atoms with van der Waals surface area (Å²) in [6.45, 7) is 4.05. The van der Waals surface area contributed by atoms with Crippen molar-refractivity contribution in [2.24, 2.45) is 0 Å². The molecule has 5 heteroatoms. The molecule has 0 fully saturated rings. The molecule has 0 spiro atoms. The van der Waals surface area contributed by atoms with Crippen LogP contribution < -0.4 is 5.32 Å². The van der Waals surface area contributed by atoms with E-state index in [0.717, 1.165) is 6.29 Å². The van der Waals surface area contributed by atoms with Gasteiger partial charge in [-0.25, -0.2) is 9.97 Å². The molecule has 2 aromatic heterocycles. The molecule has 2 heterocycles. The lowest BCUT2D eigenvalue weighted by Crippen LogP contribution is -2.12. The Balaban J connectivity index is 2.56. The summed E-state index contributed by atoms with van der Waals surface area (Å²) in [7, 11) is 0. The van der Waals surface area contributed by atoms with Crippen LogP contribution in [-0.2, 0) is 0 Å². The number of anilines is 1. The van der Waals surface area contributed by atoms with Gasteiger partial charge < -0.3 is 5.32 Å². The maximum atomic E-state index is 10.7. The molecule has 5 nitrogen and oxygen atoms in total. The zero-order chi connectivity index (χ0) is 10.8. The van der Waals surface area contributed by atoms with Crippen LogP contribution in [0.4, 0.5) is 5.82 Å². The number of imidazole rings is 1. The highest BCUT2D eigenvalue weighted by molar-refractivity contribution is 5.76. The SMILES string of the molecule is CC(C)Nc1nccn2c(C=O)cnc12. The molecule has 0 aliphatic carbocycles. The molecule has 0 aliphatic heterocycles.